The van der Waals surface area contributed by atoms with Crippen LogP contribution < -0.4 is 15.4 Å². The quantitative estimate of drug-likeness (QED) is 0.711. The molecule has 2 N–H and O–H groups in total. The second-order valence-corrected chi connectivity index (χ2v) is 11.6. The van der Waals surface area contributed by atoms with Crippen molar-refractivity contribution in [3.63, 3.8) is 0 Å². The van der Waals surface area contributed by atoms with Crippen molar-refractivity contribution in [2.75, 3.05) is 23.9 Å². The minimum absolute atomic E-state index is 0.0367. The number of para-hydroxylation sites is 1. The number of anilines is 1. The first kappa shape index (κ1) is 21.8. The summed E-state index contributed by atoms with van der Waals surface area (Å²) in [5.41, 5.74) is 1.83. The summed E-state index contributed by atoms with van der Waals surface area (Å²) in [6.45, 7) is 2.18. The molecule has 1 aromatic heterocycles. The Hall–Kier alpha value is -2.39. The van der Waals surface area contributed by atoms with Crippen LogP contribution in [-0.2, 0) is 22.7 Å². The molecule has 0 spiro atoms. The molecule has 1 fully saturated rings. The van der Waals surface area contributed by atoms with Gasteiger partial charge >= 0.3 is 0 Å². The minimum Gasteiger partial charge on any atom is -0.496 e. The molecule has 0 bridgehead atoms. The fourth-order valence-electron chi connectivity index (χ4n) is 4.25. The molecule has 0 radical (unpaired) electrons. The van der Waals surface area contributed by atoms with E-state index in [4.69, 9.17) is 4.74 Å². The molecule has 31 heavy (non-hydrogen) atoms. The highest BCUT2D eigenvalue weighted by Gasteiger charge is 2.33. The number of hydrogen-bond acceptors (Lipinski definition) is 6. The summed E-state index contributed by atoms with van der Waals surface area (Å²) in [7, 11) is -1.60. The van der Waals surface area contributed by atoms with Crippen LogP contribution in [0.1, 0.15) is 50.9 Å². The molecule has 0 unspecified atom stereocenters. The van der Waals surface area contributed by atoms with Crippen LogP contribution in [0.5, 0.6) is 5.75 Å². The van der Waals surface area contributed by atoms with Gasteiger partial charge in [-0.25, -0.2) is 8.42 Å². The second-order valence-electron chi connectivity index (χ2n) is 8.28. The average molecular weight is 463 g/mol. The smallest absolute Gasteiger partial charge is 0.260 e. The molecule has 1 saturated heterocycles. The van der Waals surface area contributed by atoms with Crippen molar-refractivity contribution in [3.05, 3.63) is 45.8 Å². The summed E-state index contributed by atoms with van der Waals surface area (Å²) < 4.78 is 28.9. The third-order valence-electron chi connectivity index (χ3n) is 5.89. The average Bonchev–Trinajstić information content (AvgIpc) is 3.25. The lowest BCUT2D eigenvalue weighted by atomic mass is 9.88. The Morgan fingerprint density at radius 3 is 2.65 bits per heavy atom. The van der Waals surface area contributed by atoms with E-state index in [0.717, 1.165) is 29.7 Å². The lowest BCUT2D eigenvalue weighted by Crippen LogP contribution is -2.36. The molecule has 9 heteroatoms. The maximum Gasteiger partial charge on any atom is 0.260 e. The molecule has 1 aliphatic heterocycles. The van der Waals surface area contributed by atoms with Gasteiger partial charge in [-0.15, -0.1) is 11.3 Å². The van der Waals surface area contributed by atoms with Crippen LogP contribution in [0.2, 0.25) is 0 Å². The summed E-state index contributed by atoms with van der Waals surface area (Å²) in [5.74, 6) is 0.363. The highest BCUT2D eigenvalue weighted by molar-refractivity contribution is 7.91. The number of thiophene rings is 1. The highest BCUT2D eigenvalue weighted by atomic mass is 32.2. The van der Waals surface area contributed by atoms with E-state index in [-0.39, 0.29) is 23.3 Å². The number of ether oxygens (including phenoxy) is 1. The van der Waals surface area contributed by atoms with E-state index >= 15 is 0 Å². The zero-order valence-corrected chi connectivity index (χ0v) is 19.2. The van der Waals surface area contributed by atoms with Gasteiger partial charge in [0.25, 0.3) is 11.8 Å². The van der Waals surface area contributed by atoms with Crippen LogP contribution in [0, 0.1) is 5.92 Å². The Labute approximate surface area is 186 Å². The van der Waals surface area contributed by atoms with Crippen LogP contribution in [-0.4, -0.2) is 44.9 Å². The predicted octanol–water partition coefficient (Wildman–Crippen LogP) is 3.05. The Kier molecular flexibility index (Phi) is 6.07. The molecule has 7 nitrogen and oxygen atoms in total. The van der Waals surface area contributed by atoms with Gasteiger partial charge in [0, 0.05) is 10.9 Å². The zero-order chi connectivity index (χ0) is 22.2. The molecule has 2 atom stereocenters. The number of methoxy groups -OCH3 is 1. The topological polar surface area (TPSA) is 102 Å². The first-order chi connectivity index (χ1) is 14.8. The van der Waals surface area contributed by atoms with Gasteiger partial charge in [0.15, 0.2) is 9.84 Å². The zero-order valence-electron chi connectivity index (χ0n) is 17.6. The number of fused-ring (bicyclic) bond motifs is 1. The van der Waals surface area contributed by atoms with E-state index in [1.807, 2.05) is 0 Å². The molecule has 166 valence electrons. The van der Waals surface area contributed by atoms with E-state index in [0.29, 0.717) is 34.2 Å². The van der Waals surface area contributed by atoms with Crippen molar-refractivity contribution in [1.82, 2.24) is 5.32 Å². The number of benzene rings is 1. The van der Waals surface area contributed by atoms with Crippen molar-refractivity contribution in [3.8, 4) is 5.75 Å². The molecule has 4 rings (SSSR count). The fourth-order valence-corrected chi connectivity index (χ4v) is 7.32. The molecule has 2 amide bonds. The van der Waals surface area contributed by atoms with Gasteiger partial charge in [-0.2, -0.15) is 0 Å². The first-order valence-corrected chi connectivity index (χ1v) is 13.0. The SMILES string of the molecule is COc1ccccc1C(=O)Nc1sc2c(c1C(=O)N[C@@H]1CCS(=O)(=O)C1)CC[C@H](C)C2. The van der Waals surface area contributed by atoms with E-state index in [1.54, 1.807) is 24.3 Å². The van der Waals surface area contributed by atoms with Gasteiger partial charge in [0.1, 0.15) is 10.8 Å². The number of rotatable bonds is 5. The molecule has 0 saturated carbocycles. The normalized spacial score (nSPS) is 21.9. The summed E-state index contributed by atoms with van der Waals surface area (Å²) in [4.78, 5) is 27.3. The summed E-state index contributed by atoms with van der Waals surface area (Å²) in [6, 6.07) is 6.53. The van der Waals surface area contributed by atoms with Gasteiger partial charge in [-0.1, -0.05) is 19.1 Å². The monoisotopic (exact) mass is 462 g/mol. The van der Waals surface area contributed by atoms with E-state index in [1.165, 1.54) is 18.4 Å². The van der Waals surface area contributed by atoms with Crippen LogP contribution >= 0.6 is 11.3 Å². The standard InChI is InChI=1S/C22H26N2O5S2/c1-13-7-8-16-18(11-13)30-22(24-20(25)15-5-3-4-6-17(15)29-2)19(16)21(26)23-14-9-10-31(27,28)12-14/h3-6,13-14H,7-12H2,1-2H3,(H,23,26)(H,24,25)/t13-,14+/m0/s1. The number of nitrogens with one attached hydrogen (secondary N) is 2. The van der Waals surface area contributed by atoms with Crippen molar-refractivity contribution >= 4 is 38.0 Å². The highest BCUT2D eigenvalue weighted by Crippen LogP contribution is 2.40. The first-order valence-electron chi connectivity index (χ1n) is 10.4. The molecule has 2 heterocycles. The second kappa shape index (κ2) is 8.63. The lowest BCUT2D eigenvalue weighted by molar-refractivity contribution is 0.0941. The number of carbonyl (C=O) groups is 2. The van der Waals surface area contributed by atoms with Crippen LogP contribution in [0.3, 0.4) is 0 Å². The number of sulfone groups is 1. The van der Waals surface area contributed by atoms with E-state index in [9.17, 15) is 18.0 Å². The Balaban J connectivity index is 1.64. The van der Waals surface area contributed by atoms with Crippen LogP contribution in [0.4, 0.5) is 5.00 Å². The predicted molar refractivity (Wildman–Crippen MR) is 121 cm³/mol. The van der Waals surface area contributed by atoms with Crippen molar-refractivity contribution in [1.29, 1.82) is 0 Å². The van der Waals surface area contributed by atoms with E-state index in [2.05, 4.69) is 17.6 Å². The maximum atomic E-state index is 13.2. The van der Waals surface area contributed by atoms with Gasteiger partial charge in [0.2, 0.25) is 0 Å². The van der Waals surface area contributed by atoms with Gasteiger partial charge in [-0.05, 0) is 49.3 Å². The number of hydrogen-bond donors (Lipinski definition) is 2. The molecule has 2 aliphatic rings. The third kappa shape index (κ3) is 4.62. The summed E-state index contributed by atoms with van der Waals surface area (Å²) in [6.07, 6.45) is 3.02. The molecular formula is C22H26N2O5S2. The van der Waals surface area contributed by atoms with Crippen molar-refractivity contribution in [2.45, 2.75) is 38.6 Å². The van der Waals surface area contributed by atoms with Crippen LogP contribution in [0.15, 0.2) is 24.3 Å². The molecular weight excluding hydrogens is 436 g/mol. The Morgan fingerprint density at radius 2 is 1.94 bits per heavy atom. The third-order valence-corrected chi connectivity index (χ3v) is 8.82. The molecule has 2 aromatic rings. The number of carbonyl (C=O) groups excluding carboxylic acids is 2. The number of amides is 2. The Bertz CT molecular complexity index is 1120. The largest absolute Gasteiger partial charge is 0.496 e. The van der Waals surface area contributed by atoms with E-state index < -0.39 is 15.9 Å². The van der Waals surface area contributed by atoms with Crippen molar-refractivity contribution < 1.29 is 22.7 Å². The van der Waals surface area contributed by atoms with Gasteiger partial charge in [0.05, 0.1) is 29.7 Å². The van der Waals surface area contributed by atoms with Gasteiger partial charge < -0.3 is 15.4 Å². The van der Waals surface area contributed by atoms with Crippen LogP contribution in [0.25, 0.3) is 0 Å². The fraction of sp³-hybridized carbons (Fsp3) is 0.455. The summed E-state index contributed by atoms with van der Waals surface area (Å²) in [5, 5.41) is 6.31. The summed E-state index contributed by atoms with van der Waals surface area (Å²) >= 11 is 1.44. The maximum absolute atomic E-state index is 13.2. The van der Waals surface area contributed by atoms with Gasteiger partial charge in [-0.3, -0.25) is 9.59 Å². The minimum atomic E-state index is -3.10. The molecule has 1 aliphatic carbocycles. The van der Waals surface area contributed by atoms with Crippen molar-refractivity contribution in [2.24, 2.45) is 5.92 Å². The Morgan fingerprint density at radius 1 is 1.16 bits per heavy atom. The lowest BCUT2D eigenvalue weighted by Gasteiger charge is -2.19. The molecule has 1 aromatic carbocycles.